The van der Waals surface area contributed by atoms with Crippen LogP contribution in [0.15, 0.2) is 18.2 Å². The van der Waals surface area contributed by atoms with Gasteiger partial charge in [0, 0.05) is 6.61 Å². The third-order valence-corrected chi connectivity index (χ3v) is 2.55. The van der Waals surface area contributed by atoms with Crippen LogP contribution in [0.25, 0.3) is 0 Å². The van der Waals surface area contributed by atoms with Crippen LogP contribution in [0.3, 0.4) is 0 Å². The van der Waals surface area contributed by atoms with Gasteiger partial charge in [0.2, 0.25) is 0 Å². The van der Waals surface area contributed by atoms with E-state index in [0.717, 1.165) is 25.0 Å². The van der Waals surface area contributed by atoms with E-state index in [9.17, 15) is 5.11 Å². The first kappa shape index (κ1) is 13.2. The molecule has 1 rings (SSSR count). The number of hydrogen-bond donors (Lipinski definition) is 1. The second kappa shape index (κ2) is 6.66. The number of hydrogen-bond acceptors (Lipinski definition) is 2. The maximum Gasteiger partial charge on any atom is 0.102 e. The van der Waals surface area contributed by atoms with Crippen LogP contribution in [0.5, 0.6) is 0 Å². The zero-order chi connectivity index (χ0) is 12.0. The fourth-order valence-corrected chi connectivity index (χ4v) is 1.74. The lowest BCUT2D eigenvalue weighted by molar-refractivity contribution is 0.0349. The van der Waals surface area contributed by atoms with Gasteiger partial charge in [0.05, 0.1) is 6.61 Å². The highest BCUT2D eigenvalue weighted by molar-refractivity contribution is 5.29. The molecule has 2 heteroatoms. The first-order valence-electron chi connectivity index (χ1n) is 5.97. The van der Waals surface area contributed by atoms with E-state index in [1.54, 1.807) is 0 Å². The predicted octanol–water partition coefficient (Wildman–Crippen LogP) is 3.15. The minimum Gasteiger partial charge on any atom is -0.386 e. The average Bonchev–Trinajstić information content (AvgIpc) is 2.22. The molecule has 1 unspecified atom stereocenters. The Bertz CT molecular complexity index is 300. The Balaban J connectivity index is 2.48. The molecule has 2 nitrogen and oxygen atoms in total. The maximum atomic E-state index is 9.94. The fourth-order valence-electron chi connectivity index (χ4n) is 1.74. The van der Waals surface area contributed by atoms with Gasteiger partial charge in [-0.3, -0.25) is 0 Å². The van der Waals surface area contributed by atoms with Crippen molar-refractivity contribution < 1.29 is 9.84 Å². The monoisotopic (exact) mass is 222 g/mol. The standard InChI is InChI=1S/C14H22O2/c1-4-5-6-16-10-14(15)13-8-11(2)7-12(3)9-13/h7-9,14-15H,4-6,10H2,1-3H3. The molecular weight excluding hydrogens is 200 g/mol. The second-order valence-electron chi connectivity index (χ2n) is 4.37. The molecule has 0 bridgehead atoms. The van der Waals surface area contributed by atoms with Crippen molar-refractivity contribution in [3.63, 3.8) is 0 Å². The quantitative estimate of drug-likeness (QED) is 0.749. The highest BCUT2D eigenvalue weighted by Gasteiger charge is 2.08. The Morgan fingerprint density at radius 2 is 1.81 bits per heavy atom. The number of unbranched alkanes of at least 4 members (excludes halogenated alkanes) is 1. The van der Waals surface area contributed by atoms with Crippen LogP contribution < -0.4 is 0 Å². The Morgan fingerprint density at radius 1 is 1.19 bits per heavy atom. The predicted molar refractivity (Wildman–Crippen MR) is 66.6 cm³/mol. The number of rotatable bonds is 6. The number of aryl methyl sites for hydroxylation is 2. The summed E-state index contributed by atoms with van der Waals surface area (Å²) in [5.74, 6) is 0. The molecule has 0 aliphatic heterocycles. The molecule has 0 aliphatic rings. The van der Waals surface area contributed by atoms with Gasteiger partial charge >= 0.3 is 0 Å². The molecule has 0 fully saturated rings. The topological polar surface area (TPSA) is 29.5 Å². The van der Waals surface area contributed by atoms with E-state index in [4.69, 9.17) is 4.74 Å². The van der Waals surface area contributed by atoms with Crippen LogP contribution in [-0.4, -0.2) is 18.3 Å². The normalized spacial score (nSPS) is 12.8. The van der Waals surface area contributed by atoms with E-state index in [2.05, 4.69) is 13.0 Å². The molecule has 0 amide bonds. The molecule has 1 atom stereocenters. The van der Waals surface area contributed by atoms with Crippen molar-refractivity contribution in [2.45, 2.75) is 39.7 Å². The smallest absolute Gasteiger partial charge is 0.102 e. The first-order chi connectivity index (χ1) is 7.63. The van der Waals surface area contributed by atoms with Gasteiger partial charge in [-0.15, -0.1) is 0 Å². The second-order valence-corrected chi connectivity index (χ2v) is 4.37. The molecule has 1 aromatic rings. The van der Waals surface area contributed by atoms with Crippen LogP contribution >= 0.6 is 0 Å². The van der Waals surface area contributed by atoms with Gasteiger partial charge in [0.25, 0.3) is 0 Å². The Hall–Kier alpha value is -0.860. The zero-order valence-corrected chi connectivity index (χ0v) is 10.5. The molecule has 0 aromatic heterocycles. The van der Waals surface area contributed by atoms with Gasteiger partial charge in [0.15, 0.2) is 0 Å². The number of benzene rings is 1. The van der Waals surface area contributed by atoms with Crippen molar-refractivity contribution in [2.75, 3.05) is 13.2 Å². The molecule has 0 saturated heterocycles. The Kier molecular flexibility index (Phi) is 5.50. The van der Waals surface area contributed by atoms with Crippen molar-refractivity contribution in [3.8, 4) is 0 Å². The summed E-state index contributed by atoms with van der Waals surface area (Å²) in [4.78, 5) is 0. The van der Waals surface area contributed by atoms with Gasteiger partial charge in [0.1, 0.15) is 6.10 Å². The minimum atomic E-state index is -0.504. The van der Waals surface area contributed by atoms with Crippen LogP contribution in [-0.2, 0) is 4.74 Å². The van der Waals surface area contributed by atoms with Crippen molar-refractivity contribution in [2.24, 2.45) is 0 Å². The molecule has 0 spiro atoms. The van der Waals surface area contributed by atoms with Crippen LogP contribution in [0, 0.1) is 13.8 Å². The third-order valence-electron chi connectivity index (χ3n) is 2.55. The molecule has 1 N–H and O–H groups in total. The summed E-state index contributed by atoms with van der Waals surface area (Å²) in [5.41, 5.74) is 3.32. The lowest BCUT2D eigenvalue weighted by atomic mass is 10.0. The number of aliphatic hydroxyl groups excluding tert-OH is 1. The summed E-state index contributed by atoms with van der Waals surface area (Å²) < 4.78 is 5.42. The molecular formula is C14H22O2. The van der Waals surface area contributed by atoms with E-state index < -0.39 is 6.10 Å². The van der Waals surface area contributed by atoms with Crippen molar-refractivity contribution in [3.05, 3.63) is 34.9 Å². The lowest BCUT2D eigenvalue weighted by Gasteiger charge is -2.13. The Morgan fingerprint density at radius 3 is 2.38 bits per heavy atom. The van der Waals surface area contributed by atoms with E-state index in [1.807, 2.05) is 26.0 Å². The largest absolute Gasteiger partial charge is 0.386 e. The summed E-state index contributed by atoms with van der Waals surface area (Å²) in [6.07, 6.45) is 1.68. The Labute approximate surface area is 98.3 Å². The van der Waals surface area contributed by atoms with Gasteiger partial charge < -0.3 is 9.84 Å². The highest BCUT2D eigenvalue weighted by atomic mass is 16.5. The lowest BCUT2D eigenvalue weighted by Crippen LogP contribution is -2.08. The maximum absolute atomic E-state index is 9.94. The van der Waals surface area contributed by atoms with Crippen LogP contribution in [0.1, 0.15) is 42.6 Å². The van der Waals surface area contributed by atoms with Gasteiger partial charge in [-0.25, -0.2) is 0 Å². The van der Waals surface area contributed by atoms with E-state index in [1.165, 1.54) is 11.1 Å². The van der Waals surface area contributed by atoms with E-state index in [0.29, 0.717) is 6.61 Å². The van der Waals surface area contributed by atoms with E-state index >= 15 is 0 Å². The average molecular weight is 222 g/mol. The minimum absolute atomic E-state index is 0.392. The molecule has 1 aromatic carbocycles. The van der Waals surface area contributed by atoms with Gasteiger partial charge in [-0.1, -0.05) is 42.7 Å². The zero-order valence-electron chi connectivity index (χ0n) is 10.5. The molecule has 0 heterocycles. The SMILES string of the molecule is CCCCOCC(O)c1cc(C)cc(C)c1. The molecule has 90 valence electrons. The van der Waals surface area contributed by atoms with Gasteiger partial charge in [-0.2, -0.15) is 0 Å². The molecule has 0 saturated carbocycles. The summed E-state index contributed by atoms with van der Waals surface area (Å²) in [6, 6.07) is 6.13. The van der Waals surface area contributed by atoms with Gasteiger partial charge in [-0.05, 0) is 25.8 Å². The number of ether oxygens (including phenoxy) is 1. The molecule has 0 aliphatic carbocycles. The van der Waals surface area contributed by atoms with Crippen LogP contribution in [0.4, 0.5) is 0 Å². The highest BCUT2D eigenvalue weighted by Crippen LogP contribution is 2.17. The summed E-state index contributed by atoms with van der Waals surface area (Å²) in [7, 11) is 0. The van der Waals surface area contributed by atoms with E-state index in [-0.39, 0.29) is 0 Å². The fraction of sp³-hybridized carbons (Fsp3) is 0.571. The number of aliphatic hydroxyl groups is 1. The molecule has 0 radical (unpaired) electrons. The summed E-state index contributed by atoms with van der Waals surface area (Å²) in [6.45, 7) is 7.34. The summed E-state index contributed by atoms with van der Waals surface area (Å²) in [5, 5.41) is 9.94. The summed E-state index contributed by atoms with van der Waals surface area (Å²) >= 11 is 0. The van der Waals surface area contributed by atoms with Crippen molar-refractivity contribution >= 4 is 0 Å². The van der Waals surface area contributed by atoms with Crippen LogP contribution in [0.2, 0.25) is 0 Å². The van der Waals surface area contributed by atoms with Crippen molar-refractivity contribution in [1.82, 2.24) is 0 Å². The van der Waals surface area contributed by atoms with Crippen molar-refractivity contribution in [1.29, 1.82) is 0 Å². The first-order valence-corrected chi connectivity index (χ1v) is 5.97. The molecule has 16 heavy (non-hydrogen) atoms. The third kappa shape index (κ3) is 4.33.